The first kappa shape index (κ1) is 21.1. The standard InChI is InChI=1S/C18H18ClF3N4O3S/c1-8(2)15-24-25(7-14(27)23-9-5-17(29,6-9)18(20,21)22)16(28)11-3-12-10(26(11)15)4-13(19)30-12/h3-4,8-9,29H,5-7H2,1-2H3,(H,23,27)/t9-,17+. The number of carbonyl (C=O) groups excluding carboxylic acids is 1. The van der Waals surface area contributed by atoms with Gasteiger partial charge in [-0.3, -0.25) is 14.0 Å². The average Bonchev–Trinajstić information content (AvgIpc) is 3.11. The summed E-state index contributed by atoms with van der Waals surface area (Å²) in [4.78, 5) is 25.2. The predicted molar refractivity (Wildman–Crippen MR) is 106 cm³/mol. The Kier molecular flexibility index (Phi) is 4.90. The van der Waals surface area contributed by atoms with Crippen molar-refractivity contribution in [3.8, 4) is 0 Å². The Morgan fingerprint density at radius 3 is 2.67 bits per heavy atom. The van der Waals surface area contributed by atoms with Crippen LogP contribution in [0.1, 0.15) is 38.4 Å². The Bertz CT molecular complexity index is 1210. The molecule has 30 heavy (non-hydrogen) atoms. The van der Waals surface area contributed by atoms with Gasteiger partial charge in [-0.1, -0.05) is 25.4 Å². The van der Waals surface area contributed by atoms with E-state index in [0.29, 0.717) is 15.7 Å². The molecule has 0 bridgehead atoms. The molecule has 4 rings (SSSR count). The van der Waals surface area contributed by atoms with Crippen molar-refractivity contribution in [2.75, 3.05) is 0 Å². The number of aromatic nitrogens is 3. The summed E-state index contributed by atoms with van der Waals surface area (Å²) < 4.78 is 42.3. The lowest BCUT2D eigenvalue weighted by Crippen LogP contribution is -2.62. The number of nitrogens with zero attached hydrogens (tertiary/aromatic N) is 3. The molecule has 0 saturated heterocycles. The van der Waals surface area contributed by atoms with E-state index in [4.69, 9.17) is 11.6 Å². The van der Waals surface area contributed by atoms with Crippen molar-refractivity contribution in [2.45, 2.75) is 57.0 Å². The fourth-order valence-electron chi connectivity index (χ4n) is 3.69. The molecule has 0 aromatic carbocycles. The maximum Gasteiger partial charge on any atom is 0.417 e. The molecule has 0 atom stereocenters. The molecule has 1 aliphatic rings. The Balaban J connectivity index is 1.60. The van der Waals surface area contributed by atoms with Crippen LogP contribution in [0.25, 0.3) is 15.7 Å². The molecule has 3 aromatic heterocycles. The maximum absolute atomic E-state index is 12.9. The SMILES string of the molecule is CC(C)c1nn(CC(=O)N[C@H]2C[C@](O)(C(F)(F)F)C2)c(=O)c2cc3sc(Cl)cc3n12. The summed E-state index contributed by atoms with van der Waals surface area (Å²) in [6.45, 7) is 3.35. The minimum Gasteiger partial charge on any atom is -0.380 e. The van der Waals surface area contributed by atoms with Gasteiger partial charge in [-0.2, -0.15) is 18.3 Å². The third kappa shape index (κ3) is 3.38. The van der Waals surface area contributed by atoms with E-state index in [1.807, 2.05) is 13.8 Å². The van der Waals surface area contributed by atoms with Crippen LogP contribution in [0.2, 0.25) is 4.34 Å². The van der Waals surface area contributed by atoms with Crippen molar-refractivity contribution in [2.24, 2.45) is 0 Å². The van der Waals surface area contributed by atoms with Crippen molar-refractivity contribution in [3.05, 3.63) is 32.6 Å². The number of rotatable bonds is 4. The number of amides is 1. The van der Waals surface area contributed by atoms with E-state index in [2.05, 4.69) is 10.4 Å². The van der Waals surface area contributed by atoms with E-state index < -0.39 is 48.7 Å². The highest BCUT2D eigenvalue weighted by Crippen LogP contribution is 2.45. The number of halogens is 4. The van der Waals surface area contributed by atoms with Crippen molar-refractivity contribution >= 4 is 44.6 Å². The second kappa shape index (κ2) is 6.96. The number of hydrogen-bond donors (Lipinski definition) is 2. The van der Waals surface area contributed by atoms with Crippen LogP contribution in [0.5, 0.6) is 0 Å². The number of fused-ring (bicyclic) bond motifs is 3. The number of nitrogens with one attached hydrogen (secondary N) is 1. The molecular weight excluding hydrogens is 445 g/mol. The van der Waals surface area contributed by atoms with Gasteiger partial charge in [-0.05, 0) is 12.1 Å². The van der Waals surface area contributed by atoms with Gasteiger partial charge in [-0.25, -0.2) is 4.68 Å². The minimum absolute atomic E-state index is 0.0786. The van der Waals surface area contributed by atoms with Gasteiger partial charge in [0.2, 0.25) is 5.91 Å². The number of aliphatic hydroxyl groups is 1. The van der Waals surface area contributed by atoms with Gasteiger partial charge in [0.1, 0.15) is 17.9 Å². The number of carbonyl (C=O) groups is 1. The van der Waals surface area contributed by atoms with Crippen LogP contribution in [-0.4, -0.2) is 43.0 Å². The van der Waals surface area contributed by atoms with Crippen LogP contribution in [0.3, 0.4) is 0 Å². The smallest absolute Gasteiger partial charge is 0.380 e. The summed E-state index contributed by atoms with van der Waals surface area (Å²) in [6.07, 6.45) is -5.97. The first-order valence-electron chi connectivity index (χ1n) is 9.19. The maximum atomic E-state index is 12.9. The Morgan fingerprint density at radius 1 is 1.40 bits per heavy atom. The molecule has 3 heterocycles. The second-order valence-electron chi connectivity index (χ2n) is 7.84. The van der Waals surface area contributed by atoms with E-state index in [-0.39, 0.29) is 5.92 Å². The van der Waals surface area contributed by atoms with E-state index in [1.165, 1.54) is 11.3 Å². The van der Waals surface area contributed by atoms with E-state index in [0.717, 1.165) is 14.9 Å². The third-order valence-electron chi connectivity index (χ3n) is 5.24. The minimum atomic E-state index is -4.74. The summed E-state index contributed by atoms with van der Waals surface area (Å²) >= 11 is 7.39. The number of hydrogen-bond acceptors (Lipinski definition) is 5. The number of thiophene rings is 1. The third-order valence-corrected chi connectivity index (χ3v) is 6.44. The van der Waals surface area contributed by atoms with E-state index in [9.17, 15) is 27.9 Å². The highest BCUT2D eigenvalue weighted by Gasteiger charge is 2.61. The normalized spacial score (nSPS) is 22.1. The quantitative estimate of drug-likeness (QED) is 0.623. The summed E-state index contributed by atoms with van der Waals surface area (Å²) in [6, 6.07) is 2.62. The van der Waals surface area contributed by atoms with Gasteiger partial charge in [0.25, 0.3) is 5.56 Å². The first-order valence-corrected chi connectivity index (χ1v) is 10.4. The predicted octanol–water partition coefficient (Wildman–Crippen LogP) is 3.06. The largest absolute Gasteiger partial charge is 0.417 e. The van der Waals surface area contributed by atoms with Crippen molar-refractivity contribution in [3.63, 3.8) is 0 Å². The van der Waals surface area contributed by atoms with Crippen LogP contribution < -0.4 is 10.9 Å². The molecule has 1 fully saturated rings. The monoisotopic (exact) mass is 462 g/mol. The van der Waals surface area contributed by atoms with Gasteiger partial charge in [-0.15, -0.1) is 11.3 Å². The molecule has 1 amide bonds. The van der Waals surface area contributed by atoms with E-state index >= 15 is 0 Å². The van der Waals surface area contributed by atoms with Gasteiger partial charge < -0.3 is 10.4 Å². The van der Waals surface area contributed by atoms with Crippen molar-refractivity contribution < 1.29 is 23.1 Å². The molecule has 0 radical (unpaired) electrons. The molecule has 1 aliphatic carbocycles. The molecular formula is C18H18ClF3N4O3S. The van der Waals surface area contributed by atoms with Crippen molar-refractivity contribution in [1.82, 2.24) is 19.5 Å². The summed E-state index contributed by atoms with van der Waals surface area (Å²) in [5.41, 5.74) is -2.17. The molecule has 162 valence electrons. The van der Waals surface area contributed by atoms with Crippen LogP contribution in [-0.2, 0) is 11.3 Å². The van der Waals surface area contributed by atoms with Crippen LogP contribution in [0, 0.1) is 0 Å². The van der Waals surface area contributed by atoms with Crippen LogP contribution >= 0.6 is 22.9 Å². The van der Waals surface area contributed by atoms with Gasteiger partial charge >= 0.3 is 6.18 Å². The fourth-order valence-corrected chi connectivity index (χ4v) is 4.85. The fraction of sp³-hybridized carbons (Fsp3) is 0.500. The molecule has 1 saturated carbocycles. The second-order valence-corrected chi connectivity index (χ2v) is 9.56. The Morgan fingerprint density at radius 2 is 2.07 bits per heavy atom. The van der Waals surface area contributed by atoms with Crippen LogP contribution in [0.15, 0.2) is 16.9 Å². The summed E-state index contributed by atoms with van der Waals surface area (Å²) in [5.74, 6) is -0.170. The molecule has 12 heteroatoms. The molecule has 7 nitrogen and oxygen atoms in total. The Labute approximate surface area is 177 Å². The zero-order valence-corrected chi connectivity index (χ0v) is 17.5. The lowest BCUT2D eigenvalue weighted by atomic mass is 9.75. The summed E-state index contributed by atoms with van der Waals surface area (Å²) in [7, 11) is 0. The highest BCUT2D eigenvalue weighted by molar-refractivity contribution is 7.22. The lowest BCUT2D eigenvalue weighted by Gasteiger charge is -2.44. The van der Waals surface area contributed by atoms with Gasteiger partial charge in [0.05, 0.1) is 14.6 Å². The summed E-state index contributed by atoms with van der Waals surface area (Å²) in [5, 5.41) is 16.2. The molecule has 0 aliphatic heterocycles. The first-order chi connectivity index (χ1) is 13.9. The molecule has 0 spiro atoms. The van der Waals surface area contributed by atoms with Gasteiger partial charge in [0, 0.05) is 24.8 Å². The van der Waals surface area contributed by atoms with Crippen LogP contribution in [0.4, 0.5) is 13.2 Å². The lowest BCUT2D eigenvalue weighted by molar-refractivity contribution is -0.291. The number of alkyl halides is 3. The zero-order valence-electron chi connectivity index (χ0n) is 16.0. The molecule has 2 N–H and O–H groups in total. The topological polar surface area (TPSA) is 88.6 Å². The zero-order chi connectivity index (χ0) is 22.0. The van der Waals surface area contributed by atoms with Gasteiger partial charge in [0.15, 0.2) is 5.60 Å². The van der Waals surface area contributed by atoms with Crippen molar-refractivity contribution in [1.29, 1.82) is 0 Å². The van der Waals surface area contributed by atoms with E-state index in [1.54, 1.807) is 16.5 Å². The molecule has 0 unspecified atom stereocenters. The highest BCUT2D eigenvalue weighted by atomic mass is 35.5. The molecule has 3 aromatic rings. The average molecular weight is 463 g/mol. The Hall–Kier alpha value is -2.11.